The van der Waals surface area contributed by atoms with Crippen LogP contribution in [0.2, 0.25) is 0 Å². The first-order chi connectivity index (χ1) is 19.6. The molecule has 1 unspecified atom stereocenters. The lowest BCUT2D eigenvalue weighted by Crippen LogP contribution is -2.29. The Morgan fingerprint density at radius 3 is 2.51 bits per heavy atom. The van der Waals surface area contributed by atoms with Crippen LogP contribution >= 0.6 is 0 Å². The van der Waals surface area contributed by atoms with Crippen molar-refractivity contribution < 1.29 is 18.3 Å². The van der Waals surface area contributed by atoms with Gasteiger partial charge in [0.2, 0.25) is 0 Å². The molecule has 0 fully saturated rings. The largest absolute Gasteiger partial charge is 0.497 e. The minimum atomic E-state index is -4.07. The number of aromatic nitrogens is 5. The van der Waals surface area contributed by atoms with Gasteiger partial charge in [0, 0.05) is 59.8 Å². The fraction of sp³-hybridized carbons (Fsp3) is 0.267. The van der Waals surface area contributed by atoms with Crippen LogP contribution in [0.4, 0.5) is 0 Å². The Morgan fingerprint density at radius 1 is 1.05 bits per heavy atom. The Labute approximate surface area is 238 Å². The lowest BCUT2D eigenvalue weighted by Gasteiger charge is -2.17. The van der Waals surface area contributed by atoms with E-state index in [1.54, 1.807) is 48.5 Å². The first kappa shape index (κ1) is 27.0. The molecule has 0 amide bonds. The summed E-state index contributed by atoms with van der Waals surface area (Å²) in [4.78, 5) is 6.72. The molecule has 212 valence electrons. The summed E-state index contributed by atoms with van der Waals surface area (Å²) in [6.07, 6.45) is 4.64. The maximum Gasteiger partial charge on any atom is 0.269 e. The minimum Gasteiger partial charge on any atom is -0.497 e. The molecule has 0 aliphatic rings. The van der Waals surface area contributed by atoms with Gasteiger partial charge in [-0.05, 0) is 57.4 Å². The number of methoxy groups -OCH3 is 1. The van der Waals surface area contributed by atoms with Crippen molar-refractivity contribution >= 4 is 42.9 Å². The maximum absolute atomic E-state index is 14.4. The highest BCUT2D eigenvalue weighted by Crippen LogP contribution is 2.39. The number of aliphatic hydroxyl groups is 1. The third-order valence-corrected chi connectivity index (χ3v) is 9.11. The SMILES string of the molecule is COc1ccc2c(c1)c(-c1cc3c4c(cnc3n1S(=O)(=O)c1ccc(C)cc1)cnn4C)cn2CC(O)CN(C)C. The van der Waals surface area contributed by atoms with Gasteiger partial charge in [-0.3, -0.25) is 4.68 Å². The van der Waals surface area contributed by atoms with Crippen molar-refractivity contribution in [1.82, 2.24) is 28.2 Å². The predicted molar refractivity (Wildman–Crippen MR) is 160 cm³/mol. The zero-order valence-corrected chi connectivity index (χ0v) is 24.4. The van der Waals surface area contributed by atoms with Gasteiger partial charge in [0.1, 0.15) is 5.75 Å². The molecule has 1 atom stereocenters. The van der Waals surface area contributed by atoms with Crippen molar-refractivity contribution in [2.45, 2.75) is 24.5 Å². The molecule has 41 heavy (non-hydrogen) atoms. The standard InChI is InChI=1S/C30H32N6O4S/c1-19-6-9-23(10-7-19)41(38,39)36-28(13-25-29-20(14-31-30(25)36)15-32-34(29)4)26-18-35(17-21(37)16-33(2)3)27-11-8-22(40-5)12-24(26)27/h6-15,18,21,37H,16-17H2,1-5H3. The van der Waals surface area contributed by atoms with Crippen LogP contribution in [0.15, 0.2) is 72.0 Å². The average molecular weight is 573 g/mol. The Kier molecular flexibility index (Phi) is 6.60. The second-order valence-corrected chi connectivity index (χ2v) is 12.5. The van der Waals surface area contributed by atoms with Crippen LogP contribution in [0.3, 0.4) is 0 Å². The highest BCUT2D eigenvalue weighted by atomic mass is 32.2. The van der Waals surface area contributed by atoms with E-state index < -0.39 is 16.1 Å². The second-order valence-electron chi connectivity index (χ2n) is 10.7. The fourth-order valence-corrected chi connectivity index (χ4v) is 6.97. The highest BCUT2D eigenvalue weighted by molar-refractivity contribution is 7.90. The van der Waals surface area contributed by atoms with Gasteiger partial charge >= 0.3 is 0 Å². The van der Waals surface area contributed by atoms with Crippen molar-refractivity contribution in [1.29, 1.82) is 0 Å². The molecule has 10 nitrogen and oxygen atoms in total. The molecule has 0 bridgehead atoms. The molecule has 0 aliphatic heterocycles. The molecular formula is C30H32N6O4S. The summed E-state index contributed by atoms with van der Waals surface area (Å²) in [6, 6.07) is 14.4. The van der Waals surface area contributed by atoms with Gasteiger partial charge in [-0.15, -0.1) is 0 Å². The molecule has 6 aromatic rings. The number of rotatable bonds is 8. The molecule has 0 saturated carbocycles. The number of likely N-dealkylation sites (N-methyl/N-ethyl adjacent to an activating group) is 1. The zero-order valence-electron chi connectivity index (χ0n) is 23.6. The summed E-state index contributed by atoms with van der Waals surface area (Å²) in [6.45, 7) is 2.73. The second kappa shape index (κ2) is 10.0. The van der Waals surface area contributed by atoms with Gasteiger partial charge < -0.3 is 19.3 Å². The fourth-order valence-electron chi connectivity index (χ4n) is 5.50. The summed E-state index contributed by atoms with van der Waals surface area (Å²) >= 11 is 0. The van der Waals surface area contributed by atoms with Gasteiger partial charge in [0.15, 0.2) is 5.65 Å². The average Bonchev–Trinajstić information content (AvgIpc) is 3.61. The molecule has 1 N–H and O–H groups in total. The van der Waals surface area contributed by atoms with Gasteiger partial charge in [-0.25, -0.2) is 17.4 Å². The molecule has 4 heterocycles. The van der Waals surface area contributed by atoms with Crippen molar-refractivity contribution in [2.24, 2.45) is 7.05 Å². The predicted octanol–water partition coefficient (Wildman–Crippen LogP) is 4.02. The molecule has 0 saturated heterocycles. The number of ether oxygens (including phenoxy) is 1. The van der Waals surface area contributed by atoms with Crippen molar-refractivity contribution in [3.63, 3.8) is 0 Å². The van der Waals surface area contributed by atoms with E-state index in [4.69, 9.17) is 4.74 Å². The van der Waals surface area contributed by atoms with Gasteiger partial charge in [-0.1, -0.05) is 17.7 Å². The van der Waals surface area contributed by atoms with Crippen LogP contribution in [0, 0.1) is 6.92 Å². The molecule has 0 radical (unpaired) electrons. The van der Waals surface area contributed by atoms with Crippen molar-refractivity contribution in [2.75, 3.05) is 27.7 Å². The summed E-state index contributed by atoms with van der Waals surface area (Å²) < 4.78 is 39.3. The normalized spacial score (nSPS) is 13.1. The zero-order chi connectivity index (χ0) is 29.1. The van der Waals surface area contributed by atoms with E-state index in [0.717, 1.165) is 27.4 Å². The molecule has 0 aliphatic carbocycles. The Morgan fingerprint density at radius 2 is 1.80 bits per heavy atom. The molecule has 4 aromatic heterocycles. The molecule has 2 aromatic carbocycles. The number of nitrogens with zero attached hydrogens (tertiary/aromatic N) is 6. The minimum absolute atomic E-state index is 0.163. The number of aliphatic hydroxyl groups excluding tert-OH is 1. The number of hydrogen-bond donors (Lipinski definition) is 1. The Hall–Kier alpha value is -4.19. The quantitative estimate of drug-likeness (QED) is 0.294. The first-order valence-corrected chi connectivity index (χ1v) is 14.7. The van der Waals surface area contributed by atoms with Gasteiger partial charge in [0.25, 0.3) is 10.0 Å². The summed E-state index contributed by atoms with van der Waals surface area (Å²) in [5, 5.41) is 17.5. The Balaban J connectivity index is 1.68. The molecule has 6 rings (SSSR count). The van der Waals surface area contributed by atoms with Crippen molar-refractivity contribution in [3.05, 3.63) is 72.7 Å². The van der Waals surface area contributed by atoms with Crippen LogP contribution < -0.4 is 4.74 Å². The number of benzene rings is 2. The summed E-state index contributed by atoms with van der Waals surface area (Å²) in [7, 11) is 3.18. The van der Waals surface area contributed by atoms with E-state index in [-0.39, 0.29) is 4.90 Å². The van der Waals surface area contributed by atoms with Crippen LogP contribution in [-0.2, 0) is 23.6 Å². The van der Waals surface area contributed by atoms with Crippen LogP contribution in [-0.4, -0.2) is 75.6 Å². The number of aryl methyl sites for hydroxylation is 2. The highest BCUT2D eigenvalue weighted by Gasteiger charge is 2.28. The monoisotopic (exact) mass is 572 g/mol. The Bertz CT molecular complexity index is 2020. The van der Waals surface area contributed by atoms with E-state index >= 15 is 0 Å². The molecule has 11 heteroatoms. The summed E-state index contributed by atoms with van der Waals surface area (Å²) in [5.41, 5.74) is 4.05. The number of fused-ring (bicyclic) bond motifs is 4. The van der Waals surface area contributed by atoms with Crippen molar-refractivity contribution in [3.8, 4) is 17.0 Å². The van der Waals surface area contributed by atoms with E-state index in [1.165, 1.54) is 3.97 Å². The lowest BCUT2D eigenvalue weighted by molar-refractivity contribution is 0.121. The third kappa shape index (κ3) is 4.55. The molecular weight excluding hydrogens is 540 g/mol. The van der Waals surface area contributed by atoms with Crippen LogP contribution in [0.5, 0.6) is 5.75 Å². The maximum atomic E-state index is 14.4. The number of hydrogen-bond acceptors (Lipinski definition) is 7. The van der Waals surface area contributed by atoms with Gasteiger partial charge in [0.05, 0.1) is 35.5 Å². The van der Waals surface area contributed by atoms with E-state index in [1.807, 2.05) is 68.0 Å². The van der Waals surface area contributed by atoms with Gasteiger partial charge in [-0.2, -0.15) is 5.10 Å². The first-order valence-electron chi connectivity index (χ1n) is 13.2. The summed E-state index contributed by atoms with van der Waals surface area (Å²) in [5.74, 6) is 0.640. The van der Waals surface area contributed by atoms with E-state index in [2.05, 4.69) is 10.1 Å². The van der Waals surface area contributed by atoms with Crippen LogP contribution in [0.1, 0.15) is 5.56 Å². The van der Waals surface area contributed by atoms with E-state index in [9.17, 15) is 13.5 Å². The molecule has 0 spiro atoms. The van der Waals surface area contributed by atoms with E-state index in [0.29, 0.717) is 41.1 Å². The van der Waals surface area contributed by atoms with Crippen LogP contribution in [0.25, 0.3) is 44.1 Å². The smallest absolute Gasteiger partial charge is 0.269 e. The third-order valence-electron chi connectivity index (χ3n) is 7.39. The topological polar surface area (TPSA) is 107 Å². The lowest BCUT2D eigenvalue weighted by atomic mass is 10.1. The number of pyridine rings is 1.